The third kappa shape index (κ3) is 5.13. The van der Waals surface area contributed by atoms with Gasteiger partial charge in [-0.25, -0.2) is 4.98 Å². The van der Waals surface area contributed by atoms with Gasteiger partial charge in [-0.1, -0.05) is 13.8 Å². The molecule has 96 valence electrons. The number of hydrogen-bond acceptors (Lipinski definition) is 3. The van der Waals surface area contributed by atoms with Crippen LogP contribution in [0.5, 0.6) is 0 Å². The van der Waals surface area contributed by atoms with E-state index in [4.69, 9.17) is 0 Å². The molecule has 1 heterocycles. The van der Waals surface area contributed by atoms with E-state index in [0.717, 1.165) is 12.2 Å². The number of nitrogens with one attached hydrogen (secondary N) is 2. The highest BCUT2D eigenvalue weighted by molar-refractivity contribution is 5.06. The van der Waals surface area contributed by atoms with Gasteiger partial charge in [-0.15, -0.1) is 0 Å². The summed E-state index contributed by atoms with van der Waals surface area (Å²) in [7, 11) is 0. The third-order valence-corrected chi connectivity index (χ3v) is 2.34. The number of H-pyrrole nitrogens is 1. The Bertz CT molecular complexity index is 415. The van der Waals surface area contributed by atoms with Gasteiger partial charge in [0, 0.05) is 30.3 Å². The first-order valence-electron chi connectivity index (χ1n) is 6.10. The van der Waals surface area contributed by atoms with Crippen LogP contribution in [0, 0.1) is 5.92 Å². The average molecular weight is 237 g/mol. The van der Waals surface area contributed by atoms with Crippen molar-refractivity contribution < 1.29 is 0 Å². The zero-order chi connectivity index (χ0) is 13.1. The maximum Gasteiger partial charge on any atom is 0.255 e. The fourth-order valence-corrected chi connectivity index (χ4v) is 1.43. The molecule has 0 aliphatic carbocycles. The molecule has 0 saturated carbocycles. The first kappa shape index (κ1) is 13.9. The van der Waals surface area contributed by atoms with Crippen LogP contribution in [0.25, 0.3) is 0 Å². The molecule has 1 aromatic rings. The molecule has 0 aromatic carbocycles. The zero-order valence-electron chi connectivity index (χ0n) is 11.4. The molecule has 0 amide bonds. The van der Waals surface area contributed by atoms with Gasteiger partial charge in [-0.2, -0.15) is 0 Å². The molecular formula is C13H23N3O. The summed E-state index contributed by atoms with van der Waals surface area (Å²) >= 11 is 0. The number of aromatic amines is 1. The molecule has 0 fully saturated rings. The number of aromatic nitrogens is 2. The third-order valence-electron chi connectivity index (χ3n) is 2.34. The van der Waals surface area contributed by atoms with Gasteiger partial charge in [0.25, 0.3) is 5.56 Å². The summed E-state index contributed by atoms with van der Waals surface area (Å²) in [6, 6.07) is 0. The lowest BCUT2D eigenvalue weighted by Crippen LogP contribution is -2.36. The van der Waals surface area contributed by atoms with E-state index in [2.05, 4.69) is 49.9 Å². The average Bonchev–Trinajstić information content (AvgIpc) is 2.13. The molecule has 2 N–H and O–H groups in total. The summed E-state index contributed by atoms with van der Waals surface area (Å²) in [5, 5.41) is 3.28. The fraction of sp³-hybridized carbons (Fsp3) is 0.692. The van der Waals surface area contributed by atoms with Crippen molar-refractivity contribution in [3.05, 3.63) is 27.9 Å². The molecular weight excluding hydrogens is 214 g/mol. The minimum absolute atomic E-state index is 0.00302. The largest absolute Gasteiger partial charge is 0.310 e. The molecule has 0 aliphatic heterocycles. The van der Waals surface area contributed by atoms with Gasteiger partial charge in [-0.3, -0.25) is 4.79 Å². The monoisotopic (exact) mass is 237 g/mol. The second-order valence-corrected chi connectivity index (χ2v) is 5.89. The highest BCUT2D eigenvalue weighted by Gasteiger charge is 2.10. The molecule has 0 atom stereocenters. The highest BCUT2D eigenvalue weighted by Crippen LogP contribution is 2.02. The molecule has 0 bridgehead atoms. The molecule has 1 aromatic heterocycles. The molecule has 0 radical (unpaired) electrons. The normalized spacial score (nSPS) is 12.1. The fourth-order valence-electron chi connectivity index (χ4n) is 1.43. The van der Waals surface area contributed by atoms with Gasteiger partial charge < -0.3 is 10.3 Å². The minimum atomic E-state index is -0.0348. The second kappa shape index (κ2) is 5.45. The van der Waals surface area contributed by atoms with Crippen molar-refractivity contribution >= 4 is 0 Å². The predicted molar refractivity (Wildman–Crippen MR) is 70.0 cm³/mol. The number of nitrogens with zero attached hydrogens (tertiary/aromatic N) is 1. The molecule has 4 heteroatoms. The molecule has 0 spiro atoms. The van der Waals surface area contributed by atoms with Crippen molar-refractivity contribution in [2.24, 2.45) is 5.92 Å². The van der Waals surface area contributed by atoms with Crippen LogP contribution in [-0.4, -0.2) is 15.5 Å². The molecule has 4 nitrogen and oxygen atoms in total. The Morgan fingerprint density at radius 3 is 2.53 bits per heavy atom. The quantitative estimate of drug-likeness (QED) is 0.840. The molecule has 0 unspecified atom stereocenters. The summed E-state index contributed by atoms with van der Waals surface area (Å²) in [6.45, 7) is 11.0. The van der Waals surface area contributed by atoms with Crippen LogP contribution in [0.2, 0.25) is 0 Å². The SMILES string of the molecule is CC(C)Cc1ncc(CNC(C)(C)C)c(=O)[nH]1. The van der Waals surface area contributed by atoms with Gasteiger partial charge in [0.05, 0.1) is 0 Å². The second-order valence-electron chi connectivity index (χ2n) is 5.89. The molecule has 1 rings (SSSR count). The van der Waals surface area contributed by atoms with E-state index in [1.165, 1.54) is 0 Å². The van der Waals surface area contributed by atoms with E-state index in [0.29, 0.717) is 18.0 Å². The summed E-state index contributed by atoms with van der Waals surface area (Å²) in [5.41, 5.74) is 0.656. The van der Waals surface area contributed by atoms with Crippen molar-refractivity contribution in [2.45, 2.75) is 53.1 Å². The topological polar surface area (TPSA) is 57.8 Å². The van der Waals surface area contributed by atoms with Crippen LogP contribution >= 0.6 is 0 Å². The zero-order valence-corrected chi connectivity index (χ0v) is 11.4. The molecule has 0 aliphatic rings. The van der Waals surface area contributed by atoms with Crippen LogP contribution in [0.3, 0.4) is 0 Å². The van der Waals surface area contributed by atoms with Crippen LogP contribution in [0.4, 0.5) is 0 Å². The van der Waals surface area contributed by atoms with Crippen molar-refractivity contribution in [1.82, 2.24) is 15.3 Å². The highest BCUT2D eigenvalue weighted by atomic mass is 16.1. The van der Waals surface area contributed by atoms with Crippen molar-refractivity contribution in [3.63, 3.8) is 0 Å². The van der Waals surface area contributed by atoms with Crippen molar-refractivity contribution in [2.75, 3.05) is 0 Å². The van der Waals surface area contributed by atoms with Crippen LogP contribution < -0.4 is 10.9 Å². The number of hydrogen-bond donors (Lipinski definition) is 2. The lowest BCUT2D eigenvalue weighted by Gasteiger charge is -2.20. The van der Waals surface area contributed by atoms with Gasteiger partial charge in [0.2, 0.25) is 0 Å². The Balaban J connectivity index is 2.73. The van der Waals surface area contributed by atoms with E-state index < -0.39 is 0 Å². The summed E-state index contributed by atoms with van der Waals surface area (Å²) in [4.78, 5) is 18.9. The molecule has 17 heavy (non-hydrogen) atoms. The van der Waals surface area contributed by atoms with Crippen LogP contribution in [0.1, 0.15) is 46.0 Å². The Labute approximate surface area is 103 Å². The van der Waals surface area contributed by atoms with Gasteiger partial charge in [0.15, 0.2) is 0 Å². The first-order chi connectivity index (χ1) is 7.78. The Morgan fingerprint density at radius 1 is 1.41 bits per heavy atom. The Morgan fingerprint density at radius 2 is 2.06 bits per heavy atom. The Hall–Kier alpha value is -1.16. The maximum atomic E-state index is 11.8. The van der Waals surface area contributed by atoms with Crippen LogP contribution in [-0.2, 0) is 13.0 Å². The predicted octanol–water partition coefficient (Wildman–Crippen LogP) is 1.86. The lowest BCUT2D eigenvalue weighted by molar-refractivity contribution is 0.422. The lowest BCUT2D eigenvalue weighted by atomic mass is 10.1. The van der Waals surface area contributed by atoms with E-state index in [1.807, 2.05) is 0 Å². The maximum absolute atomic E-state index is 11.8. The standard InChI is InChI=1S/C13H23N3O/c1-9(2)6-11-14-7-10(12(17)16-11)8-15-13(3,4)5/h7,9,15H,6,8H2,1-5H3,(H,14,16,17). The van der Waals surface area contributed by atoms with Crippen molar-refractivity contribution in [3.8, 4) is 0 Å². The number of rotatable bonds is 4. The van der Waals surface area contributed by atoms with Gasteiger partial charge in [0.1, 0.15) is 5.82 Å². The summed E-state index contributed by atoms with van der Waals surface area (Å²) in [6.07, 6.45) is 2.48. The summed E-state index contributed by atoms with van der Waals surface area (Å²) < 4.78 is 0. The van der Waals surface area contributed by atoms with Crippen LogP contribution in [0.15, 0.2) is 11.0 Å². The van der Waals surface area contributed by atoms with Crippen molar-refractivity contribution in [1.29, 1.82) is 0 Å². The Kier molecular flexibility index (Phi) is 4.46. The first-order valence-corrected chi connectivity index (χ1v) is 6.10. The van der Waals surface area contributed by atoms with E-state index >= 15 is 0 Å². The smallest absolute Gasteiger partial charge is 0.255 e. The minimum Gasteiger partial charge on any atom is -0.310 e. The van der Waals surface area contributed by atoms with Gasteiger partial charge >= 0.3 is 0 Å². The van der Waals surface area contributed by atoms with E-state index in [9.17, 15) is 4.79 Å². The van der Waals surface area contributed by atoms with E-state index in [-0.39, 0.29) is 11.1 Å². The molecule has 0 saturated heterocycles. The van der Waals surface area contributed by atoms with Gasteiger partial charge in [-0.05, 0) is 26.7 Å². The van der Waals surface area contributed by atoms with E-state index in [1.54, 1.807) is 6.20 Å². The summed E-state index contributed by atoms with van der Waals surface area (Å²) in [5.74, 6) is 1.27.